The molecule has 122 valence electrons. The zero-order valence-electron chi connectivity index (χ0n) is 13.1. The molecule has 1 heterocycles. The van der Waals surface area contributed by atoms with Crippen molar-refractivity contribution in [2.75, 3.05) is 13.7 Å². The third kappa shape index (κ3) is 4.43. The zero-order valence-corrected chi connectivity index (χ0v) is 13.9. The highest BCUT2D eigenvalue weighted by Crippen LogP contribution is 2.23. The smallest absolute Gasteiger partial charge is 0.318 e. The number of pyridine rings is 1. The summed E-state index contributed by atoms with van der Waals surface area (Å²) >= 11 is 6.07. The standard InChI is InChI=1S/C17H20ClN3O2/c1-12(11-22)21(2)17(23)20-16(15-8-3-4-9-19-15)13-6-5-7-14(18)10-13/h3-10,12,16,22H,11H2,1-2H3,(H,20,23). The number of nitrogens with one attached hydrogen (secondary N) is 1. The lowest BCUT2D eigenvalue weighted by Gasteiger charge is -2.27. The van der Waals surface area contributed by atoms with Gasteiger partial charge in [0.1, 0.15) is 0 Å². The summed E-state index contributed by atoms with van der Waals surface area (Å²) in [7, 11) is 1.64. The van der Waals surface area contributed by atoms with Gasteiger partial charge in [-0.2, -0.15) is 0 Å². The monoisotopic (exact) mass is 333 g/mol. The van der Waals surface area contributed by atoms with Gasteiger partial charge in [-0.05, 0) is 36.8 Å². The Morgan fingerprint density at radius 1 is 1.35 bits per heavy atom. The average Bonchev–Trinajstić information content (AvgIpc) is 2.58. The van der Waals surface area contributed by atoms with E-state index < -0.39 is 6.04 Å². The third-order valence-corrected chi connectivity index (χ3v) is 3.91. The van der Waals surface area contributed by atoms with E-state index in [9.17, 15) is 9.90 Å². The molecule has 0 saturated heterocycles. The summed E-state index contributed by atoms with van der Waals surface area (Å²) < 4.78 is 0. The van der Waals surface area contributed by atoms with Gasteiger partial charge in [0, 0.05) is 18.3 Å². The van der Waals surface area contributed by atoms with Crippen molar-refractivity contribution < 1.29 is 9.90 Å². The number of carbonyl (C=O) groups excluding carboxylic acids is 1. The summed E-state index contributed by atoms with van der Waals surface area (Å²) in [6, 6.07) is 11.9. The van der Waals surface area contributed by atoms with Crippen LogP contribution in [-0.2, 0) is 0 Å². The Bertz CT molecular complexity index is 651. The lowest BCUT2D eigenvalue weighted by molar-refractivity contribution is 0.155. The quantitative estimate of drug-likeness (QED) is 0.884. The molecule has 0 bridgehead atoms. The van der Waals surface area contributed by atoms with Gasteiger partial charge in [-0.25, -0.2) is 4.79 Å². The lowest BCUT2D eigenvalue weighted by Crippen LogP contribution is -2.45. The van der Waals surface area contributed by atoms with Gasteiger partial charge in [0.15, 0.2) is 0 Å². The summed E-state index contributed by atoms with van der Waals surface area (Å²) in [5.41, 5.74) is 1.56. The Hall–Kier alpha value is -2.11. The number of rotatable bonds is 5. The maximum absolute atomic E-state index is 12.4. The van der Waals surface area contributed by atoms with Gasteiger partial charge >= 0.3 is 6.03 Å². The van der Waals surface area contributed by atoms with Crippen LogP contribution < -0.4 is 5.32 Å². The van der Waals surface area contributed by atoms with Crippen LogP contribution in [0, 0.1) is 0 Å². The maximum Gasteiger partial charge on any atom is 0.318 e. The van der Waals surface area contributed by atoms with E-state index in [4.69, 9.17) is 11.6 Å². The van der Waals surface area contributed by atoms with Crippen LogP contribution in [0.1, 0.15) is 24.2 Å². The van der Waals surface area contributed by atoms with Crippen LogP contribution in [0.15, 0.2) is 48.7 Å². The van der Waals surface area contributed by atoms with Crippen LogP contribution in [0.4, 0.5) is 4.79 Å². The van der Waals surface area contributed by atoms with Crippen molar-refractivity contribution in [3.63, 3.8) is 0 Å². The fraction of sp³-hybridized carbons (Fsp3) is 0.294. The summed E-state index contributed by atoms with van der Waals surface area (Å²) in [4.78, 5) is 18.2. The van der Waals surface area contributed by atoms with E-state index in [0.717, 1.165) is 5.56 Å². The highest BCUT2D eigenvalue weighted by atomic mass is 35.5. The normalized spacial score (nSPS) is 13.2. The van der Waals surface area contributed by atoms with Crippen molar-refractivity contribution in [3.8, 4) is 0 Å². The fourth-order valence-electron chi connectivity index (χ4n) is 2.11. The van der Waals surface area contributed by atoms with E-state index in [1.807, 2.05) is 30.3 Å². The molecule has 23 heavy (non-hydrogen) atoms. The van der Waals surface area contributed by atoms with Crippen molar-refractivity contribution >= 4 is 17.6 Å². The number of hydrogen-bond donors (Lipinski definition) is 2. The molecule has 5 nitrogen and oxygen atoms in total. The first kappa shape index (κ1) is 17.2. The topological polar surface area (TPSA) is 65.5 Å². The number of benzene rings is 1. The number of halogens is 1. The highest BCUT2D eigenvalue weighted by Gasteiger charge is 2.22. The Balaban J connectivity index is 2.30. The van der Waals surface area contributed by atoms with E-state index in [2.05, 4.69) is 10.3 Å². The molecule has 0 radical (unpaired) electrons. The number of carbonyl (C=O) groups is 1. The molecular formula is C17H20ClN3O2. The average molecular weight is 334 g/mol. The predicted octanol–water partition coefficient (Wildman–Crippen LogP) is 2.85. The molecule has 0 aliphatic carbocycles. The molecule has 0 fully saturated rings. The van der Waals surface area contributed by atoms with Crippen LogP contribution in [0.5, 0.6) is 0 Å². The molecule has 2 unspecified atom stereocenters. The van der Waals surface area contributed by atoms with Crippen molar-refractivity contribution in [2.45, 2.75) is 19.0 Å². The maximum atomic E-state index is 12.4. The van der Waals surface area contributed by atoms with Gasteiger partial charge in [0.2, 0.25) is 0 Å². The van der Waals surface area contributed by atoms with E-state index >= 15 is 0 Å². The van der Waals surface area contributed by atoms with Crippen LogP contribution in [0.2, 0.25) is 5.02 Å². The number of aromatic nitrogens is 1. The lowest BCUT2D eigenvalue weighted by atomic mass is 10.0. The predicted molar refractivity (Wildman–Crippen MR) is 90.4 cm³/mol. The molecule has 1 aromatic carbocycles. The van der Waals surface area contributed by atoms with E-state index in [-0.39, 0.29) is 18.7 Å². The second-order valence-electron chi connectivity index (χ2n) is 5.33. The summed E-state index contributed by atoms with van der Waals surface area (Å²) in [6.07, 6.45) is 1.68. The van der Waals surface area contributed by atoms with Crippen LogP contribution in [0.3, 0.4) is 0 Å². The minimum Gasteiger partial charge on any atom is -0.394 e. The van der Waals surface area contributed by atoms with Gasteiger partial charge in [0.05, 0.1) is 24.4 Å². The molecule has 0 aliphatic heterocycles. The number of likely N-dealkylation sites (N-methyl/N-ethyl adjacent to an activating group) is 1. The Labute approximate surface area is 140 Å². The van der Waals surface area contributed by atoms with Gasteiger partial charge in [0.25, 0.3) is 0 Å². The van der Waals surface area contributed by atoms with E-state index in [1.165, 1.54) is 4.90 Å². The number of nitrogens with zero attached hydrogens (tertiary/aromatic N) is 2. The van der Waals surface area contributed by atoms with E-state index in [0.29, 0.717) is 10.7 Å². The van der Waals surface area contributed by atoms with Crippen molar-refractivity contribution in [1.82, 2.24) is 15.2 Å². The first-order valence-electron chi connectivity index (χ1n) is 7.33. The van der Waals surface area contributed by atoms with Crippen LogP contribution >= 0.6 is 11.6 Å². The molecule has 2 rings (SSSR count). The molecule has 2 aromatic rings. The minimum absolute atomic E-state index is 0.102. The van der Waals surface area contributed by atoms with Crippen molar-refractivity contribution in [1.29, 1.82) is 0 Å². The molecule has 2 atom stereocenters. The molecule has 1 aromatic heterocycles. The molecule has 2 N–H and O–H groups in total. The molecule has 0 spiro atoms. The first-order chi connectivity index (χ1) is 11.0. The largest absolute Gasteiger partial charge is 0.394 e. The van der Waals surface area contributed by atoms with Gasteiger partial charge in [-0.15, -0.1) is 0 Å². The van der Waals surface area contributed by atoms with Gasteiger partial charge in [-0.1, -0.05) is 29.8 Å². The summed E-state index contributed by atoms with van der Waals surface area (Å²) in [6.45, 7) is 1.67. The fourth-order valence-corrected chi connectivity index (χ4v) is 2.31. The van der Waals surface area contributed by atoms with Crippen LogP contribution in [0.25, 0.3) is 0 Å². The minimum atomic E-state index is -0.421. The van der Waals surface area contributed by atoms with Gasteiger partial charge < -0.3 is 15.3 Å². The molecule has 0 aliphatic rings. The second kappa shape index (κ2) is 7.94. The molecular weight excluding hydrogens is 314 g/mol. The Morgan fingerprint density at radius 2 is 2.13 bits per heavy atom. The Morgan fingerprint density at radius 3 is 2.74 bits per heavy atom. The molecule has 6 heteroatoms. The Kier molecular flexibility index (Phi) is 5.96. The first-order valence-corrected chi connectivity index (χ1v) is 7.71. The number of urea groups is 1. The second-order valence-corrected chi connectivity index (χ2v) is 5.77. The summed E-state index contributed by atoms with van der Waals surface area (Å²) in [5.74, 6) is 0. The van der Waals surface area contributed by atoms with Crippen molar-refractivity contribution in [2.24, 2.45) is 0 Å². The van der Waals surface area contributed by atoms with Gasteiger partial charge in [-0.3, -0.25) is 4.98 Å². The number of hydrogen-bond acceptors (Lipinski definition) is 3. The third-order valence-electron chi connectivity index (χ3n) is 3.68. The van der Waals surface area contributed by atoms with E-state index in [1.54, 1.807) is 32.3 Å². The summed E-state index contributed by atoms with van der Waals surface area (Å²) in [5, 5.41) is 12.7. The SMILES string of the molecule is CC(CO)N(C)C(=O)NC(c1cccc(Cl)c1)c1ccccn1. The number of aliphatic hydroxyl groups excluding tert-OH is 1. The molecule has 0 saturated carbocycles. The number of aliphatic hydroxyl groups is 1. The molecule has 2 amide bonds. The van der Waals surface area contributed by atoms with Crippen molar-refractivity contribution in [3.05, 3.63) is 64.9 Å². The number of amides is 2. The van der Waals surface area contributed by atoms with Crippen LogP contribution in [-0.4, -0.2) is 40.7 Å². The zero-order chi connectivity index (χ0) is 16.8. The highest BCUT2D eigenvalue weighted by molar-refractivity contribution is 6.30.